The van der Waals surface area contributed by atoms with Crippen molar-refractivity contribution in [1.82, 2.24) is 10.2 Å². The highest BCUT2D eigenvalue weighted by Crippen LogP contribution is 2.51. The number of halogens is 7. The minimum Gasteiger partial charge on any atom is -0.340 e. The summed E-state index contributed by atoms with van der Waals surface area (Å²) in [6.07, 6.45) is 1.01. The van der Waals surface area contributed by atoms with Crippen molar-refractivity contribution < 1.29 is 26.3 Å². The van der Waals surface area contributed by atoms with Gasteiger partial charge in [-0.15, -0.1) is 11.6 Å². The molecule has 8 rings (SSSR count). The van der Waals surface area contributed by atoms with Crippen molar-refractivity contribution in [3.05, 3.63) is 96.1 Å². The predicted molar refractivity (Wildman–Crippen MR) is 215 cm³/mol. The third kappa shape index (κ3) is 11.1. The van der Waals surface area contributed by atoms with Gasteiger partial charge in [-0.25, -0.2) is 0 Å². The summed E-state index contributed by atoms with van der Waals surface area (Å²) in [5, 5.41) is 3.28. The van der Waals surface area contributed by atoms with Crippen LogP contribution in [0.3, 0.4) is 0 Å². The molecule has 296 valence electrons. The van der Waals surface area contributed by atoms with Gasteiger partial charge in [0.2, 0.25) is 0 Å². The van der Waals surface area contributed by atoms with Crippen molar-refractivity contribution in [2.24, 2.45) is 0 Å². The van der Waals surface area contributed by atoms with Gasteiger partial charge >= 0.3 is 12.4 Å². The van der Waals surface area contributed by atoms with Crippen LogP contribution in [0.4, 0.5) is 49.1 Å². The van der Waals surface area contributed by atoms with E-state index in [1.54, 1.807) is 23.9 Å². The molecule has 0 atom stereocenters. The van der Waals surface area contributed by atoms with Crippen LogP contribution in [0, 0.1) is 0 Å². The first-order valence-electron chi connectivity index (χ1n) is 19.0. The SMILES string of the molecule is C1CCNCC1.FC(F)(F)c1ccc2c(c1)N(CCCCl)c1ccccc1S2.FC(F)(F)c1ccc2c(c1)N(CCCN1CCCCC1)c1ccccc1S2. The summed E-state index contributed by atoms with van der Waals surface area (Å²) in [6, 6.07) is 23.7. The van der Waals surface area contributed by atoms with Crippen LogP contribution in [0.1, 0.15) is 62.5 Å². The zero-order chi connectivity index (χ0) is 38.8. The minimum absolute atomic E-state index is 0.472. The molecule has 0 aliphatic carbocycles. The molecule has 1 N–H and O–H groups in total. The second-order valence-corrected chi connectivity index (χ2v) is 16.5. The Bertz CT molecular complexity index is 1830. The van der Waals surface area contributed by atoms with E-state index in [1.165, 1.54) is 81.6 Å². The lowest BCUT2D eigenvalue weighted by Crippen LogP contribution is -2.33. The van der Waals surface area contributed by atoms with Crippen molar-refractivity contribution in [2.45, 2.75) is 83.3 Å². The Morgan fingerprint density at radius 3 is 1.42 bits per heavy atom. The molecule has 0 radical (unpaired) electrons. The Hall–Kier alpha value is -3.03. The average Bonchev–Trinajstić information content (AvgIpc) is 3.19. The summed E-state index contributed by atoms with van der Waals surface area (Å²) >= 11 is 8.81. The molecule has 13 heteroatoms. The highest BCUT2D eigenvalue weighted by atomic mass is 35.5. The summed E-state index contributed by atoms with van der Waals surface area (Å²) < 4.78 is 78.7. The van der Waals surface area contributed by atoms with Gasteiger partial charge in [0.05, 0.1) is 33.9 Å². The molecule has 0 spiro atoms. The monoisotopic (exact) mass is 820 g/mol. The highest BCUT2D eigenvalue weighted by molar-refractivity contribution is 8.00. The number of rotatable bonds is 7. The second-order valence-electron chi connectivity index (χ2n) is 13.9. The number of piperidine rings is 2. The number of anilines is 4. The van der Waals surface area contributed by atoms with Crippen LogP contribution in [0.2, 0.25) is 0 Å². The van der Waals surface area contributed by atoms with Gasteiger partial charge in [0.15, 0.2) is 0 Å². The molecule has 4 nitrogen and oxygen atoms in total. The summed E-state index contributed by atoms with van der Waals surface area (Å²) in [7, 11) is 0. The molecule has 55 heavy (non-hydrogen) atoms. The van der Waals surface area contributed by atoms with Crippen LogP contribution in [-0.2, 0) is 12.4 Å². The quantitative estimate of drug-likeness (QED) is 0.147. The van der Waals surface area contributed by atoms with Crippen LogP contribution < -0.4 is 15.1 Å². The van der Waals surface area contributed by atoms with E-state index in [0.717, 1.165) is 69.6 Å². The average molecular weight is 821 g/mol. The minimum atomic E-state index is -4.34. The number of hydrogen-bond acceptors (Lipinski definition) is 6. The standard InChI is InChI=1S/C21H23F3N2S.C16H13ClF3NS.C5H11N/c22-21(23,24)16-9-10-20-18(15-16)26(17-7-2-3-8-19(17)27-20)14-6-13-25-11-4-1-5-12-25;17-8-3-9-21-12-4-1-2-5-14(12)22-15-7-6-11(10-13(15)21)16(18,19)20;1-2-4-6-5-3-1/h2-3,7-10,15H,1,4-6,11-14H2;1-2,4-7,10H,3,8-9H2;6H,1-5H2. The lowest BCUT2D eigenvalue weighted by Gasteiger charge is -2.34. The molecule has 4 aromatic rings. The molecule has 2 fully saturated rings. The Balaban J connectivity index is 0.000000165. The molecule has 4 aromatic carbocycles. The zero-order valence-corrected chi connectivity index (χ0v) is 33.1. The molecular formula is C42H47ClF6N4S2. The number of likely N-dealkylation sites (tertiary alicyclic amines) is 1. The Kier molecular flexibility index (Phi) is 14.7. The van der Waals surface area contributed by atoms with Crippen LogP contribution in [0.15, 0.2) is 105 Å². The van der Waals surface area contributed by atoms with E-state index in [2.05, 4.69) is 15.1 Å². The molecule has 0 bridgehead atoms. The number of nitrogens with one attached hydrogen (secondary N) is 1. The van der Waals surface area contributed by atoms with Crippen molar-refractivity contribution in [1.29, 1.82) is 0 Å². The van der Waals surface area contributed by atoms with E-state index >= 15 is 0 Å². The fourth-order valence-corrected chi connectivity index (χ4v) is 9.42. The number of fused-ring (bicyclic) bond motifs is 4. The second kappa shape index (κ2) is 19.4. The zero-order valence-electron chi connectivity index (χ0n) is 30.7. The van der Waals surface area contributed by atoms with Crippen molar-refractivity contribution >= 4 is 57.9 Å². The van der Waals surface area contributed by atoms with Gasteiger partial charge in [-0.05, 0) is 132 Å². The van der Waals surface area contributed by atoms with Crippen molar-refractivity contribution in [3.8, 4) is 0 Å². The van der Waals surface area contributed by atoms with Crippen LogP contribution in [-0.4, -0.2) is 56.6 Å². The Morgan fingerprint density at radius 2 is 0.982 bits per heavy atom. The molecule has 4 heterocycles. The molecule has 0 amide bonds. The first-order chi connectivity index (χ1) is 26.5. The molecule has 4 aliphatic rings. The van der Waals surface area contributed by atoms with Gasteiger partial charge in [-0.1, -0.05) is 60.6 Å². The Morgan fingerprint density at radius 1 is 0.527 bits per heavy atom. The normalized spacial score (nSPS) is 16.7. The van der Waals surface area contributed by atoms with E-state index in [-0.39, 0.29) is 0 Å². The van der Waals surface area contributed by atoms with E-state index < -0.39 is 23.5 Å². The number of alkyl halides is 7. The van der Waals surface area contributed by atoms with Gasteiger partial charge in [0, 0.05) is 38.6 Å². The Labute approximate surface area is 334 Å². The van der Waals surface area contributed by atoms with Crippen LogP contribution in [0.5, 0.6) is 0 Å². The molecule has 2 saturated heterocycles. The fraction of sp³-hybridized carbons (Fsp3) is 0.429. The largest absolute Gasteiger partial charge is 0.416 e. The van der Waals surface area contributed by atoms with E-state index in [4.69, 9.17) is 11.6 Å². The van der Waals surface area contributed by atoms with Gasteiger partial charge in [0.1, 0.15) is 0 Å². The first-order valence-corrected chi connectivity index (χ1v) is 21.2. The fourth-order valence-electron chi connectivity index (χ4n) is 7.15. The molecule has 0 saturated carbocycles. The van der Waals surface area contributed by atoms with Crippen LogP contribution >= 0.6 is 35.1 Å². The predicted octanol–water partition coefficient (Wildman–Crippen LogP) is 12.9. The number of benzene rings is 4. The van der Waals surface area contributed by atoms with Gasteiger partial charge in [-0.2, -0.15) is 26.3 Å². The van der Waals surface area contributed by atoms with Gasteiger partial charge in [0.25, 0.3) is 0 Å². The highest BCUT2D eigenvalue weighted by Gasteiger charge is 2.34. The molecule has 4 aliphatic heterocycles. The van der Waals surface area contributed by atoms with E-state index in [1.807, 2.05) is 53.4 Å². The summed E-state index contributed by atoms with van der Waals surface area (Å²) in [5.74, 6) is 0.472. The maximum atomic E-state index is 13.2. The van der Waals surface area contributed by atoms with E-state index in [9.17, 15) is 26.3 Å². The third-order valence-corrected chi connectivity index (χ3v) is 12.5. The lowest BCUT2D eigenvalue weighted by atomic mass is 10.1. The molecular weight excluding hydrogens is 774 g/mol. The van der Waals surface area contributed by atoms with Gasteiger partial charge in [-0.3, -0.25) is 0 Å². The summed E-state index contributed by atoms with van der Waals surface area (Å²) in [5.41, 5.74) is 2.01. The maximum absolute atomic E-state index is 13.2. The number of nitrogens with zero attached hydrogens (tertiary/aromatic N) is 3. The molecule has 0 aromatic heterocycles. The molecule has 0 unspecified atom stereocenters. The summed E-state index contributed by atoms with van der Waals surface area (Å²) in [4.78, 5) is 10.3. The first kappa shape index (κ1) is 41.6. The summed E-state index contributed by atoms with van der Waals surface area (Å²) in [6.45, 7) is 7.10. The maximum Gasteiger partial charge on any atom is 0.416 e. The topological polar surface area (TPSA) is 21.8 Å². The van der Waals surface area contributed by atoms with E-state index in [0.29, 0.717) is 30.2 Å². The van der Waals surface area contributed by atoms with Crippen molar-refractivity contribution in [3.63, 3.8) is 0 Å². The third-order valence-electron chi connectivity index (χ3n) is 9.93. The smallest absolute Gasteiger partial charge is 0.340 e. The van der Waals surface area contributed by atoms with Gasteiger partial charge < -0.3 is 20.0 Å². The van der Waals surface area contributed by atoms with Crippen LogP contribution in [0.25, 0.3) is 0 Å². The number of hydrogen-bond donors (Lipinski definition) is 1. The number of para-hydroxylation sites is 2. The lowest BCUT2D eigenvalue weighted by molar-refractivity contribution is -0.138. The van der Waals surface area contributed by atoms with Crippen molar-refractivity contribution in [2.75, 3.05) is 61.5 Å².